The minimum Gasteiger partial charge on any atom is -0.384 e. The monoisotopic (exact) mass is 461 g/mol. The maximum atomic E-state index is 11.6. The molecule has 32 heavy (non-hydrogen) atoms. The molecule has 0 aliphatic carbocycles. The molecular formula is C22H31N5O4S. The molecule has 1 saturated heterocycles. The summed E-state index contributed by atoms with van der Waals surface area (Å²) in [4.78, 5) is 12.5. The van der Waals surface area contributed by atoms with Crippen molar-refractivity contribution in [3.8, 4) is 0 Å². The van der Waals surface area contributed by atoms with Crippen LogP contribution in [0.3, 0.4) is 0 Å². The fourth-order valence-corrected chi connectivity index (χ4v) is 5.07. The number of rotatable bonds is 9. The zero-order valence-electron chi connectivity index (χ0n) is 18.6. The Morgan fingerprint density at radius 3 is 2.69 bits per heavy atom. The molecule has 174 valence electrons. The lowest BCUT2D eigenvalue weighted by molar-refractivity contribution is 0.0202. The first-order valence-corrected chi connectivity index (χ1v) is 12.8. The van der Waals surface area contributed by atoms with Crippen molar-refractivity contribution >= 4 is 37.8 Å². The molecule has 3 heterocycles. The van der Waals surface area contributed by atoms with E-state index >= 15 is 0 Å². The average molecular weight is 462 g/mol. The Labute approximate surface area is 188 Å². The standard InChI is InChI=1S/C22H31N5O4S/c1-30-13-9-19-25-20-17-6-5-15(14-18(17)24-22(23)21(20)26-19)4-3-12-31-16-7-10-27(11-8-16)32(2,28)29/h5-6,14,16H,3-4,7-13H2,1-2H3,(H2,23,24)(H,25,26). The normalized spacial score (nSPS) is 16.3. The lowest BCUT2D eigenvalue weighted by Crippen LogP contribution is -2.40. The van der Waals surface area contributed by atoms with Crippen molar-refractivity contribution in [2.75, 3.05) is 45.4 Å². The zero-order chi connectivity index (χ0) is 22.7. The predicted octanol–water partition coefficient (Wildman–Crippen LogP) is 2.26. The van der Waals surface area contributed by atoms with Crippen LogP contribution in [-0.2, 0) is 32.3 Å². The highest BCUT2D eigenvalue weighted by Crippen LogP contribution is 2.27. The maximum absolute atomic E-state index is 11.6. The number of benzene rings is 1. The third kappa shape index (κ3) is 5.20. The molecule has 3 aromatic rings. The van der Waals surface area contributed by atoms with E-state index in [1.54, 1.807) is 7.11 Å². The minimum atomic E-state index is -3.10. The largest absolute Gasteiger partial charge is 0.384 e. The molecule has 0 spiro atoms. The van der Waals surface area contributed by atoms with Gasteiger partial charge in [-0.15, -0.1) is 0 Å². The Hall–Kier alpha value is -2.27. The molecule has 0 bridgehead atoms. The summed E-state index contributed by atoms with van der Waals surface area (Å²) in [6.07, 6.45) is 5.35. The van der Waals surface area contributed by atoms with Crippen LogP contribution in [0.15, 0.2) is 18.2 Å². The number of aromatic amines is 1. The minimum absolute atomic E-state index is 0.132. The van der Waals surface area contributed by atoms with Crippen LogP contribution in [0, 0.1) is 0 Å². The summed E-state index contributed by atoms with van der Waals surface area (Å²) in [7, 11) is -1.43. The van der Waals surface area contributed by atoms with Gasteiger partial charge in [0.2, 0.25) is 10.0 Å². The van der Waals surface area contributed by atoms with Crippen molar-refractivity contribution < 1.29 is 17.9 Å². The summed E-state index contributed by atoms with van der Waals surface area (Å²) in [5, 5.41) is 1.00. The molecule has 10 heteroatoms. The van der Waals surface area contributed by atoms with E-state index in [0.29, 0.717) is 44.1 Å². The van der Waals surface area contributed by atoms with Gasteiger partial charge in [-0.1, -0.05) is 12.1 Å². The third-order valence-corrected chi connectivity index (χ3v) is 7.25. The summed E-state index contributed by atoms with van der Waals surface area (Å²) in [6, 6.07) is 6.25. The predicted molar refractivity (Wildman–Crippen MR) is 125 cm³/mol. The number of nitrogens with zero attached hydrogens (tertiary/aromatic N) is 3. The number of imidazole rings is 1. The molecule has 0 saturated carbocycles. The van der Waals surface area contributed by atoms with E-state index in [0.717, 1.165) is 47.9 Å². The highest BCUT2D eigenvalue weighted by Gasteiger charge is 2.25. The summed E-state index contributed by atoms with van der Waals surface area (Å²) >= 11 is 0. The van der Waals surface area contributed by atoms with Crippen LogP contribution >= 0.6 is 0 Å². The molecular weight excluding hydrogens is 430 g/mol. The number of nitrogens with one attached hydrogen (secondary N) is 1. The second-order valence-corrected chi connectivity index (χ2v) is 10.3. The highest BCUT2D eigenvalue weighted by molar-refractivity contribution is 7.88. The topological polar surface area (TPSA) is 123 Å². The van der Waals surface area contributed by atoms with Gasteiger partial charge in [-0.05, 0) is 37.3 Å². The number of nitrogens with two attached hydrogens (primary N) is 1. The van der Waals surface area contributed by atoms with Gasteiger partial charge in [0.25, 0.3) is 0 Å². The van der Waals surface area contributed by atoms with E-state index in [2.05, 4.69) is 33.2 Å². The number of anilines is 1. The molecule has 1 aromatic carbocycles. The first-order chi connectivity index (χ1) is 15.3. The first-order valence-electron chi connectivity index (χ1n) is 11.0. The fraction of sp³-hybridized carbons (Fsp3) is 0.545. The van der Waals surface area contributed by atoms with Gasteiger partial charge in [0.15, 0.2) is 5.82 Å². The van der Waals surface area contributed by atoms with Crippen LogP contribution in [0.4, 0.5) is 5.82 Å². The molecule has 1 aliphatic heterocycles. The number of methoxy groups -OCH3 is 1. The Kier molecular flexibility index (Phi) is 6.94. The molecule has 0 unspecified atom stereocenters. The number of hydrogen-bond acceptors (Lipinski definition) is 7. The summed E-state index contributed by atoms with van der Waals surface area (Å²) in [5.41, 5.74) is 9.81. The summed E-state index contributed by atoms with van der Waals surface area (Å²) in [6.45, 7) is 2.32. The van der Waals surface area contributed by atoms with Gasteiger partial charge in [-0.3, -0.25) is 0 Å². The van der Waals surface area contributed by atoms with E-state index in [1.807, 2.05) is 0 Å². The number of ether oxygens (including phenoxy) is 2. The van der Waals surface area contributed by atoms with Crippen LogP contribution < -0.4 is 5.73 Å². The van der Waals surface area contributed by atoms with Crippen LogP contribution in [-0.4, -0.2) is 73.4 Å². The number of sulfonamides is 1. The van der Waals surface area contributed by atoms with Crippen LogP contribution in [0.1, 0.15) is 30.7 Å². The summed E-state index contributed by atoms with van der Waals surface area (Å²) < 4.78 is 35.8. The quantitative estimate of drug-likeness (QED) is 0.469. The molecule has 1 fully saturated rings. The number of H-pyrrole nitrogens is 1. The van der Waals surface area contributed by atoms with Crippen LogP contribution in [0.5, 0.6) is 0 Å². The fourth-order valence-electron chi connectivity index (χ4n) is 4.20. The van der Waals surface area contributed by atoms with Gasteiger partial charge in [-0.25, -0.2) is 22.7 Å². The molecule has 0 amide bonds. The lowest BCUT2D eigenvalue weighted by Gasteiger charge is -2.30. The van der Waals surface area contributed by atoms with E-state index in [4.69, 9.17) is 15.2 Å². The number of nitrogen functional groups attached to an aromatic ring is 1. The van der Waals surface area contributed by atoms with Gasteiger partial charge < -0.3 is 20.2 Å². The zero-order valence-corrected chi connectivity index (χ0v) is 19.5. The lowest BCUT2D eigenvalue weighted by atomic mass is 10.1. The second kappa shape index (κ2) is 9.70. The van der Waals surface area contributed by atoms with E-state index < -0.39 is 10.0 Å². The number of aromatic nitrogens is 3. The van der Waals surface area contributed by atoms with Crippen molar-refractivity contribution in [3.05, 3.63) is 29.6 Å². The smallest absolute Gasteiger partial charge is 0.211 e. The first kappa shape index (κ1) is 22.9. The van der Waals surface area contributed by atoms with Crippen molar-refractivity contribution in [2.45, 2.75) is 38.2 Å². The molecule has 0 radical (unpaired) electrons. The van der Waals surface area contributed by atoms with Crippen molar-refractivity contribution in [1.82, 2.24) is 19.3 Å². The SMILES string of the molecule is COCCc1nc2c(N)nc3cc(CCCOC4CCN(S(C)(=O)=O)CC4)ccc3c2[nH]1. The average Bonchev–Trinajstić information content (AvgIpc) is 3.20. The van der Waals surface area contributed by atoms with Gasteiger partial charge in [0.1, 0.15) is 11.3 Å². The Morgan fingerprint density at radius 2 is 1.97 bits per heavy atom. The Bertz CT molecular complexity index is 1190. The van der Waals surface area contributed by atoms with E-state index in [1.165, 1.54) is 16.1 Å². The van der Waals surface area contributed by atoms with Gasteiger partial charge >= 0.3 is 0 Å². The number of aryl methyl sites for hydroxylation is 1. The molecule has 0 atom stereocenters. The second-order valence-electron chi connectivity index (χ2n) is 8.33. The number of hydrogen-bond donors (Lipinski definition) is 2. The highest BCUT2D eigenvalue weighted by atomic mass is 32.2. The van der Waals surface area contributed by atoms with Gasteiger partial charge in [-0.2, -0.15) is 0 Å². The Balaban J connectivity index is 1.34. The number of piperidine rings is 1. The molecule has 2 aromatic heterocycles. The van der Waals surface area contributed by atoms with Crippen LogP contribution in [0.2, 0.25) is 0 Å². The maximum Gasteiger partial charge on any atom is 0.211 e. The van der Waals surface area contributed by atoms with Gasteiger partial charge in [0.05, 0.1) is 30.0 Å². The molecule has 4 rings (SSSR count). The van der Waals surface area contributed by atoms with Crippen molar-refractivity contribution in [1.29, 1.82) is 0 Å². The van der Waals surface area contributed by atoms with Crippen molar-refractivity contribution in [2.24, 2.45) is 0 Å². The number of pyridine rings is 1. The molecule has 9 nitrogen and oxygen atoms in total. The van der Waals surface area contributed by atoms with Gasteiger partial charge in [0, 0.05) is 38.6 Å². The van der Waals surface area contributed by atoms with Crippen LogP contribution in [0.25, 0.3) is 21.9 Å². The third-order valence-electron chi connectivity index (χ3n) is 5.94. The van der Waals surface area contributed by atoms with Crippen molar-refractivity contribution in [3.63, 3.8) is 0 Å². The molecule has 3 N–H and O–H groups in total. The van der Waals surface area contributed by atoms with E-state index in [9.17, 15) is 8.42 Å². The Morgan fingerprint density at radius 1 is 1.19 bits per heavy atom. The summed E-state index contributed by atoms with van der Waals surface area (Å²) in [5.74, 6) is 1.26. The van der Waals surface area contributed by atoms with E-state index in [-0.39, 0.29) is 6.10 Å². The molecule has 1 aliphatic rings. The number of fused-ring (bicyclic) bond motifs is 3.